The number of hydrogen-bond donors (Lipinski definition) is 1. The van der Waals surface area contributed by atoms with Crippen LogP contribution >= 0.6 is 0 Å². The van der Waals surface area contributed by atoms with Crippen LogP contribution in [0.15, 0.2) is 41.0 Å². The molecule has 0 saturated carbocycles. The molecule has 0 unspecified atom stereocenters. The van der Waals surface area contributed by atoms with E-state index in [4.69, 9.17) is 10.2 Å². The van der Waals surface area contributed by atoms with E-state index < -0.39 is 16.4 Å². The molecule has 26 heavy (non-hydrogen) atoms. The first-order valence-electron chi connectivity index (χ1n) is 7.36. The SMILES string of the molecule is Nc1nc(-c2ccco2)c2nnn(Cc3ccc([N+](=O)[O-])c(F)c3)c2n1. The van der Waals surface area contributed by atoms with Gasteiger partial charge in [-0.15, -0.1) is 5.10 Å². The van der Waals surface area contributed by atoms with Crippen molar-refractivity contribution >= 4 is 22.8 Å². The molecular formula is C15H10FN7O3. The molecule has 0 fully saturated rings. The zero-order valence-corrected chi connectivity index (χ0v) is 13.0. The molecule has 0 radical (unpaired) electrons. The molecule has 4 rings (SSSR count). The van der Waals surface area contributed by atoms with Crippen LogP contribution in [0.2, 0.25) is 0 Å². The number of rotatable bonds is 4. The third kappa shape index (κ3) is 2.60. The van der Waals surface area contributed by atoms with Crippen molar-refractivity contribution in [3.05, 3.63) is 58.1 Å². The van der Waals surface area contributed by atoms with E-state index in [-0.39, 0.29) is 12.5 Å². The normalized spacial score (nSPS) is 11.1. The summed E-state index contributed by atoms with van der Waals surface area (Å²) in [6.07, 6.45) is 1.49. The van der Waals surface area contributed by atoms with Crippen LogP contribution in [0, 0.1) is 15.9 Å². The molecular weight excluding hydrogens is 345 g/mol. The van der Waals surface area contributed by atoms with E-state index in [0.29, 0.717) is 28.2 Å². The Morgan fingerprint density at radius 1 is 1.31 bits per heavy atom. The minimum Gasteiger partial charge on any atom is -0.463 e. The molecule has 11 heteroatoms. The second-order valence-corrected chi connectivity index (χ2v) is 5.37. The van der Waals surface area contributed by atoms with Gasteiger partial charge in [0.25, 0.3) is 0 Å². The van der Waals surface area contributed by atoms with Gasteiger partial charge in [-0.05, 0) is 23.8 Å². The van der Waals surface area contributed by atoms with Gasteiger partial charge in [-0.2, -0.15) is 9.37 Å². The molecule has 130 valence electrons. The number of nitrogens with zero attached hydrogens (tertiary/aromatic N) is 6. The van der Waals surface area contributed by atoms with Crippen LogP contribution in [0.25, 0.3) is 22.6 Å². The Morgan fingerprint density at radius 2 is 2.15 bits per heavy atom. The predicted octanol–water partition coefficient (Wildman–Crippen LogP) is 2.16. The molecule has 0 aliphatic rings. The third-order valence-corrected chi connectivity index (χ3v) is 3.68. The van der Waals surface area contributed by atoms with Crippen LogP contribution in [0.1, 0.15) is 5.56 Å². The summed E-state index contributed by atoms with van der Waals surface area (Å²) in [5.74, 6) is -0.470. The van der Waals surface area contributed by atoms with Gasteiger partial charge in [0, 0.05) is 6.07 Å². The number of hydrogen-bond acceptors (Lipinski definition) is 8. The summed E-state index contributed by atoms with van der Waals surface area (Å²) in [6.45, 7) is 0.0967. The van der Waals surface area contributed by atoms with Crippen LogP contribution in [0.5, 0.6) is 0 Å². The first-order chi connectivity index (χ1) is 12.5. The fourth-order valence-corrected chi connectivity index (χ4v) is 2.53. The summed E-state index contributed by atoms with van der Waals surface area (Å²) in [6, 6.07) is 7.01. The number of anilines is 1. The minimum absolute atomic E-state index is 0.00216. The molecule has 10 nitrogen and oxygen atoms in total. The molecule has 4 aromatic rings. The minimum atomic E-state index is -0.928. The van der Waals surface area contributed by atoms with E-state index in [9.17, 15) is 14.5 Å². The number of nitrogen functional groups attached to an aromatic ring is 1. The lowest BCUT2D eigenvalue weighted by atomic mass is 10.2. The molecule has 3 aromatic heterocycles. The van der Waals surface area contributed by atoms with Crippen molar-refractivity contribution in [2.24, 2.45) is 0 Å². The quantitative estimate of drug-likeness (QED) is 0.434. The summed E-state index contributed by atoms with van der Waals surface area (Å²) in [4.78, 5) is 18.2. The number of benzene rings is 1. The summed E-state index contributed by atoms with van der Waals surface area (Å²) >= 11 is 0. The number of nitro groups is 1. The molecule has 0 amide bonds. The van der Waals surface area contributed by atoms with Crippen molar-refractivity contribution in [2.45, 2.75) is 6.54 Å². The molecule has 0 bridgehead atoms. The molecule has 0 spiro atoms. The zero-order valence-electron chi connectivity index (χ0n) is 13.0. The van der Waals surface area contributed by atoms with E-state index in [1.807, 2.05) is 0 Å². The van der Waals surface area contributed by atoms with Crippen LogP contribution in [-0.4, -0.2) is 29.9 Å². The van der Waals surface area contributed by atoms with Crippen molar-refractivity contribution in [1.29, 1.82) is 0 Å². The number of furan rings is 1. The van der Waals surface area contributed by atoms with Crippen LogP contribution in [0.3, 0.4) is 0 Å². The van der Waals surface area contributed by atoms with Gasteiger partial charge in [0.15, 0.2) is 16.9 Å². The van der Waals surface area contributed by atoms with Gasteiger partial charge in [0.1, 0.15) is 5.69 Å². The van der Waals surface area contributed by atoms with Crippen LogP contribution in [-0.2, 0) is 6.54 Å². The Labute approximate surface area is 144 Å². The maximum Gasteiger partial charge on any atom is 0.304 e. The van der Waals surface area contributed by atoms with Gasteiger partial charge in [-0.1, -0.05) is 11.3 Å². The van der Waals surface area contributed by atoms with E-state index in [1.165, 1.54) is 17.0 Å². The molecule has 2 N–H and O–H groups in total. The Hall–Kier alpha value is -3.89. The monoisotopic (exact) mass is 355 g/mol. The first-order valence-corrected chi connectivity index (χ1v) is 7.36. The highest BCUT2D eigenvalue weighted by Crippen LogP contribution is 2.26. The number of halogens is 1. The Kier molecular flexibility index (Phi) is 3.53. The lowest BCUT2D eigenvalue weighted by Gasteiger charge is -2.04. The van der Waals surface area contributed by atoms with Crippen LogP contribution in [0.4, 0.5) is 16.0 Å². The summed E-state index contributed by atoms with van der Waals surface area (Å²) < 4.78 is 20.5. The number of fused-ring (bicyclic) bond motifs is 1. The molecule has 0 atom stereocenters. The van der Waals surface area contributed by atoms with Gasteiger partial charge >= 0.3 is 5.69 Å². The summed E-state index contributed by atoms with van der Waals surface area (Å²) in [5, 5.41) is 18.8. The zero-order chi connectivity index (χ0) is 18.3. The number of nitrogens with two attached hydrogens (primary N) is 1. The number of aromatic nitrogens is 5. The van der Waals surface area contributed by atoms with E-state index in [0.717, 1.165) is 12.1 Å². The van der Waals surface area contributed by atoms with E-state index in [2.05, 4.69) is 20.3 Å². The Bertz CT molecular complexity index is 1120. The maximum atomic E-state index is 13.8. The summed E-state index contributed by atoms with van der Waals surface area (Å²) in [7, 11) is 0. The van der Waals surface area contributed by atoms with Gasteiger partial charge < -0.3 is 10.2 Å². The van der Waals surface area contributed by atoms with Gasteiger partial charge in [0.2, 0.25) is 11.8 Å². The average Bonchev–Trinajstić information content (AvgIpc) is 3.24. The molecule has 0 aliphatic carbocycles. The van der Waals surface area contributed by atoms with Crippen molar-refractivity contribution < 1.29 is 13.7 Å². The fourth-order valence-electron chi connectivity index (χ4n) is 2.53. The lowest BCUT2D eigenvalue weighted by Crippen LogP contribution is -2.06. The van der Waals surface area contributed by atoms with Gasteiger partial charge in [0.05, 0.1) is 17.7 Å². The standard InChI is InChI=1S/C15H10FN7O3/c16-9-6-8(3-4-10(9)23(24)25)7-22-14-13(20-21-22)12(18-15(17)19-14)11-2-1-5-26-11/h1-6H,7H2,(H2,17,18,19). The maximum absolute atomic E-state index is 13.8. The second kappa shape index (κ2) is 5.88. The molecule has 1 aromatic carbocycles. The molecule has 0 saturated heterocycles. The van der Waals surface area contributed by atoms with Crippen molar-refractivity contribution in [1.82, 2.24) is 25.0 Å². The highest BCUT2D eigenvalue weighted by atomic mass is 19.1. The Balaban J connectivity index is 1.77. The highest BCUT2D eigenvalue weighted by molar-refractivity contribution is 5.85. The predicted molar refractivity (Wildman–Crippen MR) is 87.4 cm³/mol. The number of nitro benzene ring substituents is 1. The van der Waals surface area contributed by atoms with Crippen LogP contribution < -0.4 is 5.73 Å². The topological polar surface area (TPSA) is 139 Å². The van der Waals surface area contributed by atoms with Gasteiger partial charge in [-0.25, -0.2) is 9.67 Å². The summed E-state index contributed by atoms with van der Waals surface area (Å²) in [5.41, 5.74) is 6.72. The smallest absolute Gasteiger partial charge is 0.304 e. The lowest BCUT2D eigenvalue weighted by molar-refractivity contribution is -0.387. The fraction of sp³-hybridized carbons (Fsp3) is 0.0667. The Morgan fingerprint density at radius 3 is 2.85 bits per heavy atom. The van der Waals surface area contributed by atoms with E-state index in [1.54, 1.807) is 12.1 Å². The molecule has 3 heterocycles. The van der Waals surface area contributed by atoms with Crippen molar-refractivity contribution in [3.8, 4) is 11.5 Å². The molecule has 0 aliphatic heterocycles. The largest absolute Gasteiger partial charge is 0.463 e. The van der Waals surface area contributed by atoms with E-state index >= 15 is 0 Å². The third-order valence-electron chi connectivity index (χ3n) is 3.68. The highest BCUT2D eigenvalue weighted by Gasteiger charge is 2.18. The van der Waals surface area contributed by atoms with Crippen molar-refractivity contribution in [3.63, 3.8) is 0 Å². The average molecular weight is 355 g/mol. The first kappa shape index (κ1) is 15.6. The van der Waals surface area contributed by atoms with Gasteiger partial charge in [-0.3, -0.25) is 10.1 Å². The second-order valence-electron chi connectivity index (χ2n) is 5.37. The van der Waals surface area contributed by atoms with Crippen molar-refractivity contribution in [2.75, 3.05) is 5.73 Å².